The number of nitrogens with zero attached hydrogens (tertiary/aromatic N) is 3. The molecule has 24 heavy (non-hydrogen) atoms. The number of hydrogen-bond donors (Lipinski definition) is 1. The smallest absolute Gasteiger partial charge is 0.239 e. The normalized spacial score (nSPS) is 15.8. The van der Waals surface area contributed by atoms with Crippen LogP contribution in [0.1, 0.15) is 45.2 Å². The van der Waals surface area contributed by atoms with Crippen molar-refractivity contribution >= 4 is 11.5 Å². The highest BCUT2D eigenvalue weighted by Crippen LogP contribution is 2.26. The topological polar surface area (TPSA) is 69.0 Å². The summed E-state index contributed by atoms with van der Waals surface area (Å²) in [5.41, 5.74) is 2.22. The Balaban J connectivity index is 2.05. The number of amides is 1. The Kier molecular flexibility index (Phi) is 5.74. The molecule has 1 aliphatic rings. The van der Waals surface area contributed by atoms with Crippen LogP contribution in [0.3, 0.4) is 0 Å². The van der Waals surface area contributed by atoms with Crippen LogP contribution in [0.4, 0.5) is 0 Å². The standard InChI is InChI=1S/C19H26N4O/c1-14(2)11-22-18(24)19(3,4)23-7-5-16(6-8-23)17-9-15(10-20)12-21-13-17/h5,9,12-14H,6-8,11H2,1-4H3,(H,22,24). The Bertz CT molecular complexity index is 670. The molecule has 5 nitrogen and oxygen atoms in total. The van der Waals surface area contributed by atoms with Gasteiger partial charge in [0.15, 0.2) is 0 Å². The highest BCUT2D eigenvalue weighted by molar-refractivity contribution is 5.85. The SMILES string of the molecule is CC(C)CNC(=O)C(C)(C)N1CC=C(c2cncc(C#N)c2)CC1. The second-order valence-electron chi connectivity index (χ2n) is 7.16. The van der Waals surface area contributed by atoms with E-state index >= 15 is 0 Å². The molecule has 0 bridgehead atoms. The minimum atomic E-state index is -0.538. The number of carbonyl (C=O) groups excluding carboxylic acids is 1. The fourth-order valence-electron chi connectivity index (χ4n) is 2.77. The lowest BCUT2D eigenvalue weighted by Crippen LogP contribution is -2.56. The van der Waals surface area contributed by atoms with E-state index in [-0.39, 0.29) is 5.91 Å². The van der Waals surface area contributed by atoms with Gasteiger partial charge < -0.3 is 5.32 Å². The quantitative estimate of drug-likeness (QED) is 0.903. The van der Waals surface area contributed by atoms with E-state index in [0.29, 0.717) is 24.6 Å². The molecule has 2 rings (SSSR count). The average molecular weight is 326 g/mol. The van der Waals surface area contributed by atoms with E-state index in [1.807, 2.05) is 19.9 Å². The summed E-state index contributed by atoms with van der Waals surface area (Å²) in [6, 6.07) is 3.99. The molecule has 0 spiro atoms. The first-order chi connectivity index (χ1) is 11.3. The van der Waals surface area contributed by atoms with Crippen LogP contribution in [-0.4, -0.2) is 41.0 Å². The van der Waals surface area contributed by atoms with E-state index in [4.69, 9.17) is 5.26 Å². The summed E-state index contributed by atoms with van der Waals surface area (Å²) in [6.07, 6.45) is 6.35. The maximum atomic E-state index is 12.5. The number of rotatable bonds is 5. The molecule has 1 N–H and O–H groups in total. The van der Waals surface area contributed by atoms with Crippen molar-refractivity contribution in [3.8, 4) is 6.07 Å². The summed E-state index contributed by atoms with van der Waals surface area (Å²) in [7, 11) is 0. The van der Waals surface area contributed by atoms with E-state index in [2.05, 4.69) is 41.2 Å². The van der Waals surface area contributed by atoms with Gasteiger partial charge in [-0.2, -0.15) is 5.26 Å². The van der Waals surface area contributed by atoms with Crippen molar-refractivity contribution in [3.63, 3.8) is 0 Å². The molecule has 0 aliphatic carbocycles. The van der Waals surface area contributed by atoms with Crippen LogP contribution in [0.25, 0.3) is 5.57 Å². The zero-order chi connectivity index (χ0) is 17.7. The van der Waals surface area contributed by atoms with Crippen molar-refractivity contribution < 1.29 is 4.79 Å². The molecule has 0 saturated heterocycles. The highest BCUT2D eigenvalue weighted by Gasteiger charge is 2.35. The van der Waals surface area contributed by atoms with E-state index in [1.54, 1.807) is 12.4 Å². The van der Waals surface area contributed by atoms with Crippen molar-refractivity contribution in [1.29, 1.82) is 5.26 Å². The van der Waals surface area contributed by atoms with E-state index in [0.717, 1.165) is 18.5 Å². The van der Waals surface area contributed by atoms with Crippen LogP contribution in [-0.2, 0) is 4.79 Å². The Morgan fingerprint density at radius 1 is 1.46 bits per heavy atom. The first-order valence-corrected chi connectivity index (χ1v) is 8.42. The van der Waals surface area contributed by atoms with Gasteiger partial charge in [-0.15, -0.1) is 0 Å². The Hall–Kier alpha value is -2.19. The van der Waals surface area contributed by atoms with Crippen LogP contribution in [0, 0.1) is 17.2 Å². The second-order valence-corrected chi connectivity index (χ2v) is 7.16. The zero-order valence-corrected chi connectivity index (χ0v) is 15.0. The molecular formula is C19H26N4O. The maximum absolute atomic E-state index is 12.5. The van der Waals surface area contributed by atoms with E-state index in [9.17, 15) is 4.79 Å². The molecule has 0 aromatic carbocycles. The van der Waals surface area contributed by atoms with Gasteiger partial charge in [-0.25, -0.2) is 0 Å². The van der Waals surface area contributed by atoms with Crippen LogP contribution in [0.15, 0.2) is 24.5 Å². The molecule has 0 radical (unpaired) electrons. The molecule has 128 valence electrons. The fourth-order valence-corrected chi connectivity index (χ4v) is 2.77. The van der Waals surface area contributed by atoms with Crippen molar-refractivity contribution in [2.75, 3.05) is 19.6 Å². The number of carbonyl (C=O) groups is 1. The summed E-state index contributed by atoms with van der Waals surface area (Å²) in [5, 5.41) is 12.0. The number of pyridine rings is 1. The third-order valence-corrected chi connectivity index (χ3v) is 4.46. The third-order valence-electron chi connectivity index (χ3n) is 4.46. The van der Waals surface area contributed by atoms with Gasteiger partial charge in [-0.05, 0) is 43.4 Å². The van der Waals surface area contributed by atoms with E-state index < -0.39 is 5.54 Å². The molecule has 1 aliphatic heterocycles. The maximum Gasteiger partial charge on any atom is 0.239 e. The first-order valence-electron chi connectivity index (χ1n) is 8.42. The van der Waals surface area contributed by atoms with Gasteiger partial charge in [0.1, 0.15) is 6.07 Å². The lowest BCUT2D eigenvalue weighted by Gasteiger charge is -2.39. The van der Waals surface area contributed by atoms with Gasteiger partial charge in [0, 0.05) is 32.0 Å². The molecule has 0 atom stereocenters. The van der Waals surface area contributed by atoms with Gasteiger partial charge in [0.05, 0.1) is 11.1 Å². The lowest BCUT2D eigenvalue weighted by atomic mass is 9.94. The largest absolute Gasteiger partial charge is 0.354 e. The number of nitrogens with one attached hydrogen (secondary N) is 1. The van der Waals surface area contributed by atoms with Crippen LogP contribution >= 0.6 is 0 Å². The van der Waals surface area contributed by atoms with Crippen molar-refractivity contribution in [2.45, 2.75) is 39.7 Å². The van der Waals surface area contributed by atoms with Gasteiger partial charge in [0.25, 0.3) is 0 Å². The van der Waals surface area contributed by atoms with Crippen LogP contribution in [0.2, 0.25) is 0 Å². The summed E-state index contributed by atoms with van der Waals surface area (Å²) >= 11 is 0. The number of hydrogen-bond acceptors (Lipinski definition) is 4. The molecule has 0 unspecified atom stereocenters. The van der Waals surface area contributed by atoms with Crippen molar-refractivity contribution in [2.24, 2.45) is 5.92 Å². The average Bonchev–Trinajstić information content (AvgIpc) is 2.59. The van der Waals surface area contributed by atoms with Crippen molar-refractivity contribution in [3.05, 3.63) is 35.7 Å². The molecule has 0 fully saturated rings. The first kappa shape index (κ1) is 18.2. The summed E-state index contributed by atoms with van der Waals surface area (Å²) in [5.74, 6) is 0.513. The molecular weight excluding hydrogens is 300 g/mol. The fraction of sp³-hybridized carbons (Fsp3) is 0.526. The number of aromatic nitrogens is 1. The van der Waals surface area contributed by atoms with Crippen LogP contribution < -0.4 is 5.32 Å². The summed E-state index contributed by atoms with van der Waals surface area (Å²) < 4.78 is 0. The molecule has 1 aromatic rings. The minimum absolute atomic E-state index is 0.0706. The molecule has 2 heterocycles. The summed E-state index contributed by atoms with van der Waals surface area (Å²) in [4.78, 5) is 18.8. The third kappa shape index (κ3) is 4.21. The monoisotopic (exact) mass is 326 g/mol. The Morgan fingerprint density at radius 2 is 2.21 bits per heavy atom. The Morgan fingerprint density at radius 3 is 2.79 bits per heavy atom. The molecule has 1 aromatic heterocycles. The zero-order valence-electron chi connectivity index (χ0n) is 15.0. The summed E-state index contributed by atoms with van der Waals surface area (Å²) in [6.45, 7) is 10.3. The van der Waals surface area contributed by atoms with Crippen molar-refractivity contribution in [1.82, 2.24) is 15.2 Å². The molecule has 1 amide bonds. The van der Waals surface area contributed by atoms with Gasteiger partial charge in [-0.1, -0.05) is 19.9 Å². The lowest BCUT2D eigenvalue weighted by molar-refractivity contribution is -0.131. The Labute approximate surface area is 144 Å². The van der Waals surface area contributed by atoms with Gasteiger partial charge in [0.2, 0.25) is 5.91 Å². The molecule has 5 heteroatoms. The predicted molar refractivity (Wildman–Crippen MR) is 95.0 cm³/mol. The van der Waals surface area contributed by atoms with Crippen LogP contribution in [0.5, 0.6) is 0 Å². The van der Waals surface area contributed by atoms with Gasteiger partial charge >= 0.3 is 0 Å². The highest BCUT2D eigenvalue weighted by atomic mass is 16.2. The molecule has 0 saturated carbocycles. The second kappa shape index (κ2) is 7.59. The van der Waals surface area contributed by atoms with E-state index in [1.165, 1.54) is 5.57 Å². The predicted octanol–water partition coefficient (Wildman–Crippen LogP) is 2.59. The van der Waals surface area contributed by atoms with Gasteiger partial charge in [-0.3, -0.25) is 14.7 Å². The minimum Gasteiger partial charge on any atom is -0.354 e. The number of nitriles is 1.